The molecule has 0 amide bonds. The molecule has 0 aliphatic rings. The van der Waals surface area contributed by atoms with Crippen molar-refractivity contribution in [2.45, 2.75) is 47.0 Å². The van der Waals surface area contributed by atoms with Gasteiger partial charge < -0.3 is 5.32 Å². The fourth-order valence-electron chi connectivity index (χ4n) is 2.59. The topological polar surface area (TPSA) is 24.9 Å². The lowest BCUT2D eigenvalue weighted by Gasteiger charge is -2.14. The quantitative estimate of drug-likeness (QED) is 0.844. The van der Waals surface area contributed by atoms with E-state index in [4.69, 9.17) is 4.98 Å². The summed E-state index contributed by atoms with van der Waals surface area (Å²) in [6.45, 7) is 9.72. The number of nitrogens with one attached hydrogen (secondary N) is 1. The van der Waals surface area contributed by atoms with Crippen LogP contribution in [0, 0.1) is 13.8 Å². The van der Waals surface area contributed by atoms with Crippen LogP contribution in [0.25, 0.3) is 10.9 Å². The van der Waals surface area contributed by atoms with Crippen LogP contribution < -0.4 is 5.32 Å². The molecule has 102 valence electrons. The molecule has 0 atom stereocenters. The van der Waals surface area contributed by atoms with Gasteiger partial charge in [-0.05, 0) is 49.9 Å². The number of fused-ring (bicyclic) bond motifs is 1. The van der Waals surface area contributed by atoms with Gasteiger partial charge in [0.25, 0.3) is 0 Å². The summed E-state index contributed by atoms with van der Waals surface area (Å²) in [7, 11) is 0. The summed E-state index contributed by atoms with van der Waals surface area (Å²) in [4.78, 5) is 4.82. The first-order valence-electron chi connectivity index (χ1n) is 7.30. The molecule has 2 nitrogen and oxygen atoms in total. The zero-order chi connectivity index (χ0) is 13.8. The highest BCUT2D eigenvalue weighted by molar-refractivity contribution is 5.94. The molecule has 0 fully saturated rings. The number of pyridine rings is 1. The lowest BCUT2D eigenvalue weighted by atomic mass is 10.0. The van der Waals surface area contributed by atoms with Gasteiger partial charge >= 0.3 is 0 Å². The molecule has 0 saturated carbocycles. The maximum absolute atomic E-state index is 4.82. The summed E-state index contributed by atoms with van der Waals surface area (Å²) in [6.07, 6.45) is 3.32. The molecule has 0 bridgehead atoms. The minimum atomic E-state index is 1.01. The van der Waals surface area contributed by atoms with Crippen molar-refractivity contribution in [3.63, 3.8) is 0 Å². The normalized spacial score (nSPS) is 10.9. The fraction of sp³-hybridized carbons (Fsp3) is 0.471. The Morgan fingerprint density at radius 2 is 1.84 bits per heavy atom. The number of hydrogen-bond acceptors (Lipinski definition) is 2. The molecule has 1 heterocycles. The average molecular weight is 256 g/mol. The third-order valence-electron chi connectivity index (χ3n) is 3.37. The first kappa shape index (κ1) is 13.9. The number of aryl methyl sites for hydroxylation is 3. The lowest BCUT2D eigenvalue weighted by molar-refractivity contribution is 0.888. The SMILES string of the molecule is CCCNc1cc(CCC)nc2cc(C)cc(C)c12. The van der Waals surface area contributed by atoms with E-state index in [9.17, 15) is 0 Å². The average Bonchev–Trinajstić information content (AvgIpc) is 2.35. The third-order valence-corrected chi connectivity index (χ3v) is 3.37. The Kier molecular flexibility index (Phi) is 4.41. The predicted octanol–water partition coefficient (Wildman–Crippen LogP) is 4.63. The van der Waals surface area contributed by atoms with Gasteiger partial charge in [0, 0.05) is 23.3 Å². The van der Waals surface area contributed by atoms with Crippen molar-refractivity contribution < 1.29 is 0 Å². The summed E-state index contributed by atoms with van der Waals surface area (Å²) in [5.74, 6) is 0. The molecule has 1 aromatic heterocycles. The lowest BCUT2D eigenvalue weighted by Crippen LogP contribution is -2.03. The molecule has 2 aromatic rings. The van der Waals surface area contributed by atoms with Crippen LogP contribution in [-0.2, 0) is 6.42 Å². The summed E-state index contributed by atoms with van der Waals surface area (Å²) in [6, 6.07) is 6.66. The van der Waals surface area contributed by atoms with Crippen LogP contribution in [0.15, 0.2) is 18.2 Å². The van der Waals surface area contributed by atoms with Crippen molar-refractivity contribution in [1.29, 1.82) is 0 Å². The van der Waals surface area contributed by atoms with Gasteiger partial charge in [-0.25, -0.2) is 0 Å². The van der Waals surface area contributed by atoms with E-state index in [1.54, 1.807) is 0 Å². The number of nitrogens with zero attached hydrogens (tertiary/aromatic N) is 1. The molecule has 1 N–H and O–H groups in total. The van der Waals surface area contributed by atoms with Gasteiger partial charge in [0.05, 0.1) is 5.52 Å². The standard InChI is InChI=1S/C17H24N2/c1-5-7-14-11-15(18-8-6-2)17-13(4)9-12(3)10-16(17)19-14/h9-11H,5-8H2,1-4H3,(H,18,19). The Bertz CT molecular complexity index is 573. The molecule has 0 radical (unpaired) electrons. The monoisotopic (exact) mass is 256 g/mol. The van der Waals surface area contributed by atoms with E-state index in [1.807, 2.05) is 0 Å². The fourth-order valence-corrected chi connectivity index (χ4v) is 2.59. The van der Waals surface area contributed by atoms with Crippen LogP contribution in [0.2, 0.25) is 0 Å². The number of hydrogen-bond donors (Lipinski definition) is 1. The minimum absolute atomic E-state index is 1.01. The van der Waals surface area contributed by atoms with Gasteiger partial charge in [-0.3, -0.25) is 4.98 Å². The zero-order valence-corrected chi connectivity index (χ0v) is 12.5. The zero-order valence-electron chi connectivity index (χ0n) is 12.5. The van der Waals surface area contributed by atoms with E-state index in [0.717, 1.165) is 31.3 Å². The molecule has 0 unspecified atom stereocenters. The second-order valence-electron chi connectivity index (χ2n) is 5.31. The molecule has 0 spiro atoms. The first-order valence-corrected chi connectivity index (χ1v) is 7.30. The van der Waals surface area contributed by atoms with Crippen molar-refractivity contribution in [1.82, 2.24) is 4.98 Å². The molecule has 1 aromatic carbocycles. The van der Waals surface area contributed by atoms with Crippen LogP contribution in [0.3, 0.4) is 0 Å². The van der Waals surface area contributed by atoms with Gasteiger partial charge in [-0.1, -0.05) is 26.3 Å². The van der Waals surface area contributed by atoms with Gasteiger partial charge in [0.1, 0.15) is 0 Å². The molecule has 0 saturated heterocycles. The summed E-state index contributed by atoms with van der Waals surface area (Å²) < 4.78 is 0. The summed E-state index contributed by atoms with van der Waals surface area (Å²) in [5, 5.41) is 4.83. The van der Waals surface area contributed by atoms with Crippen LogP contribution in [0.1, 0.15) is 43.5 Å². The highest BCUT2D eigenvalue weighted by Crippen LogP contribution is 2.28. The number of rotatable bonds is 5. The van der Waals surface area contributed by atoms with Crippen LogP contribution in [0.4, 0.5) is 5.69 Å². The van der Waals surface area contributed by atoms with Gasteiger partial charge in [-0.15, -0.1) is 0 Å². The molecular formula is C17H24N2. The maximum Gasteiger partial charge on any atom is 0.0731 e. The molecule has 0 aliphatic carbocycles. The van der Waals surface area contributed by atoms with Gasteiger partial charge in [0.2, 0.25) is 0 Å². The van der Waals surface area contributed by atoms with E-state index < -0.39 is 0 Å². The van der Waals surface area contributed by atoms with Gasteiger partial charge in [-0.2, -0.15) is 0 Å². The highest BCUT2D eigenvalue weighted by atomic mass is 14.9. The maximum atomic E-state index is 4.82. The molecule has 2 heteroatoms. The second-order valence-corrected chi connectivity index (χ2v) is 5.31. The third kappa shape index (κ3) is 3.06. The van der Waals surface area contributed by atoms with E-state index in [0.29, 0.717) is 0 Å². The predicted molar refractivity (Wildman–Crippen MR) is 84.0 cm³/mol. The first-order chi connectivity index (χ1) is 9.15. The van der Waals surface area contributed by atoms with Crippen LogP contribution in [-0.4, -0.2) is 11.5 Å². The Hall–Kier alpha value is -1.57. The van der Waals surface area contributed by atoms with E-state index in [2.05, 4.69) is 51.2 Å². The van der Waals surface area contributed by atoms with Crippen molar-refractivity contribution in [3.05, 3.63) is 35.0 Å². The van der Waals surface area contributed by atoms with Crippen molar-refractivity contribution in [2.75, 3.05) is 11.9 Å². The van der Waals surface area contributed by atoms with Crippen molar-refractivity contribution in [2.24, 2.45) is 0 Å². The van der Waals surface area contributed by atoms with Crippen LogP contribution >= 0.6 is 0 Å². The van der Waals surface area contributed by atoms with Crippen molar-refractivity contribution in [3.8, 4) is 0 Å². The Labute approximate surface area is 116 Å². The number of anilines is 1. The molecular weight excluding hydrogens is 232 g/mol. The summed E-state index contributed by atoms with van der Waals surface area (Å²) in [5.41, 5.74) is 6.16. The van der Waals surface area contributed by atoms with Crippen LogP contribution in [0.5, 0.6) is 0 Å². The Balaban J connectivity index is 2.60. The number of benzene rings is 1. The largest absolute Gasteiger partial charge is 0.384 e. The van der Waals surface area contributed by atoms with E-state index >= 15 is 0 Å². The smallest absolute Gasteiger partial charge is 0.0731 e. The van der Waals surface area contributed by atoms with Crippen molar-refractivity contribution >= 4 is 16.6 Å². The molecule has 2 rings (SSSR count). The van der Waals surface area contributed by atoms with E-state index in [-0.39, 0.29) is 0 Å². The second kappa shape index (κ2) is 6.05. The Morgan fingerprint density at radius 1 is 1.05 bits per heavy atom. The summed E-state index contributed by atoms with van der Waals surface area (Å²) >= 11 is 0. The minimum Gasteiger partial charge on any atom is -0.384 e. The molecule has 0 aliphatic heterocycles. The molecule has 19 heavy (non-hydrogen) atoms. The van der Waals surface area contributed by atoms with E-state index in [1.165, 1.54) is 27.9 Å². The highest BCUT2D eigenvalue weighted by Gasteiger charge is 2.08. The number of aromatic nitrogens is 1. The van der Waals surface area contributed by atoms with Gasteiger partial charge in [0.15, 0.2) is 0 Å². The Morgan fingerprint density at radius 3 is 2.53 bits per heavy atom.